The van der Waals surface area contributed by atoms with Crippen LogP contribution in [0, 0.1) is 6.92 Å². The van der Waals surface area contributed by atoms with E-state index in [0.717, 1.165) is 17.3 Å². The van der Waals surface area contributed by atoms with Gasteiger partial charge in [-0.05, 0) is 24.6 Å². The first-order valence-corrected chi connectivity index (χ1v) is 5.86. The van der Waals surface area contributed by atoms with Crippen LogP contribution >= 0.6 is 11.6 Å². The molecule has 1 unspecified atom stereocenters. The third-order valence-electron chi connectivity index (χ3n) is 3.26. The number of rotatable bonds is 1. The molecule has 0 spiro atoms. The first kappa shape index (κ1) is 11.6. The molecular weight excluding hydrogens is 222 g/mol. The summed E-state index contributed by atoms with van der Waals surface area (Å²) in [5.41, 5.74) is 9.26. The zero-order valence-corrected chi connectivity index (χ0v) is 10.8. The lowest BCUT2D eigenvalue weighted by Gasteiger charge is -2.41. The Balaban J connectivity index is 2.54. The summed E-state index contributed by atoms with van der Waals surface area (Å²) in [6.07, 6.45) is 0. The molecule has 2 rings (SSSR count). The molecule has 2 N–H and O–H groups in total. The second-order valence-electron chi connectivity index (χ2n) is 4.50. The van der Waals surface area contributed by atoms with Gasteiger partial charge in [-0.15, -0.1) is 0 Å². The molecule has 16 heavy (non-hydrogen) atoms. The monoisotopic (exact) mass is 239 g/mol. The van der Waals surface area contributed by atoms with E-state index in [0.29, 0.717) is 12.6 Å². The molecule has 0 radical (unpaired) electrons. The Hall–Kier alpha value is -0.930. The number of aryl methyl sites for hydroxylation is 1. The average Bonchev–Trinajstić information content (AvgIpc) is 2.22. The summed E-state index contributed by atoms with van der Waals surface area (Å²) in [5.74, 6) is 0. The number of benzene rings is 1. The highest BCUT2D eigenvalue weighted by atomic mass is 35.5. The molecule has 0 amide bonds. The standard InChI is InChI=1S/C12H18ClN3/c1-8-4-10(13)12-11(5-8)15(2)7-9(6-14)16(12)3/h4-5,9H,6-7,14H2,1-3H3. The molecular formula is C12H18ClN3. The van der Waals surface area contributed by atoms with Crippen LogP contribution < -0.4 is 15.5 Å². The zero-order valence-electron chi connectivity index (χ0n) is 10.00. The molecule has 1 aliphatic heterocycles. The molecule has 3 nitrogen and oxygen atoms in total. The van der Waals surface area contributed by atoms with Crippen LogP contribution in [0.1, 0.15) is 5.56 Å². The van der Waals surface area contributed by atoms with Crippen molar-refractivity contribution in [3.63, 3.8) is 0 Å². The molecule has 1 aromatic carbocycles. The Labute approximate surface area is 102 Å². The van der Waals surface area contributed by atoms with E-state index in [1.165, 1.54) is 11.3 Å². The zero-order chi connectivity index (χ0) is 11.9. The largest absolute Gasteiger partial charge is 0.371 e. The Morgan fingerprint density at radius 3 is 2.75 bits per heavy atom. The van der Waals surface area contributed by atoms with Crippen molar-refractivity contribution in [2.24, 2.45) is 5.73 Å². The predicted octanol–water partition coefficient (Wildman–Crippen LogP) is 1.86. The van der Waals surface area contributed by atoms with Crippen molar-refractivity contribution in [3.8, 4) is 0 Å². The van der Waals surface area contributed by atoms with Gasteiger partial charge >= 0.3 is 0 Å². The molecule has 0 saturated heterocycles. The first-order chi connectivity index (χ1) is 7.54. The minimum Gasteiger partial charge on any atom is -0.371 e. The van der Waals surface area contributed by atoms with Gasteiger partial charge in [0.15, 0.2) is 0 Å². The van der Waals surface area contributed by atoms with Gasteiger partial charge in [0.05, 0.1) is 22.4 Å². The summed E-state index contributed by atoms with van der Waals surface area (Å²) in [6, 6.07) is 4.51. The number of nitrogens with two attached hydrogens (primary N) is 1. The van der Waals surface area contributed by atoms with Crippen LogP contribution in [-0.2, 0) is 0 Å². The van der Waals surface area contributed by atoms with Crippen LogP contribution in [0.25, 0.3) is 0 Å². The van der Waals surface area contributed by atoms with Gasteiger partial charge in [-0.25, -0.2) is 0 Å². The molecule has 0 aliphatic carbocycles. The van der Waals surface area contributed by atoms with Crippen molar-refractivity contribution in [1.82, 2.24) is 0 Å². The highest BCUT2D eigenvalue weighted by Crippen LogP contribution is 2.40. The Bertz CT molecular complexity index is 405. The number of hydrogen-bond acceptors (Lipinski definition) is 3. The Kier molecular flexibility index (Phi) is 3.00. The number of fused-ring (bicyclic) bond motifs is 1. The van der Waals surface area contributed by atoms with Crippen molar-refractivity contribution in [2.75, 3.05) is 37.0 Å². The van der Waals surface area contributed by atoms with Gasteiger partial charge in [-0.1, -0.05) is 11.6 Å². The van der Waals surface area contributed by atoms with E-state index in [1.807, 2.05) is 6.07 Å². The van der Waals surface area contributed by atoms with E-state index in [2.05, 4.69) is 36.9 Å². The fourth-order valence-electron chi connectivity index (χ4n) is 2.31. The number of likely N-dealkylation sites (N-methyl/N-ethyl adjacent to an activating group) is 2. The number of anilines is 2. The quantitative estimate of drug-likeness (QED) is 0.812. The van der Waals surface area contributed by atoms with E-state index >= 15 is 0 Å². The van der Waals surface area contributed by atoms with Crippen molar-refractivity contribution in [2.45, 2.75) is 13.0 Å². The van der Waals surface area contributed by atoms with Gasteiger partial charge in [0.25, 0.3) is 0 Å². The molecule has 0 bridgehead atoms. The van der Waals surface area contributed by atoms with Crippen molar-refractivity contribution < 1.29 is 0 Å². The number of nitrogens with zero attached hydrogens (tertiary/aromatic N) is 2. The van der Waals surface area contributed by atoms with E-state index in [9.17, 15) is 0 Å². The van der Waals surface area contributed by atoms with E-state index < -0.39 is 0 Å². The molecule has 0 fully saturated rings. The molecule has 1 aromatic rings. The van der Waals surface area contributed by atoms with Crippen molar-refractivity contribution in [1.29, 1.82) is 0 Å². The molecule has 0 aromatic heterocycles. The van der Waals surface area contributed by atoms with E-state index in [-0.39, 0.29) is 0 Å². The Morgan fingerprint density at radius 1 is 1.44 bits per heavy atom. The smallest absolute Gasteiger partial charge is 0.0794 e. The van der Waals surface area contributed by atoms with Crippen LogP contribution in [0.5, 0.6) is 0 Å². The lowest BCUT2D eigenvalue weighted by molar-refractivity contribution is 0.609. The highest BCUT2D eigenvalue weighted by molar-refractivity contribution is 6.34. The lowest BCUT2D eigenvalue weighted by Crippen LogP contribution is -2.49. The van der Waals surface area contributed by atoms with Crippen LogP contribution in [0.2, 0.25) is 5.02 Å². The van der Waals surface area contributed by atoms with Gasteiger partial charge in [0.1, 0.15) is 0 Å². The average molecular weight is 240 g/mol. The summed E-state index contributed by atoms with van der Waals surface area (Å²) in [6.45, 7) is 3.65. The summed E-state index contributed by atoms with van der Waals surface area (Å²) in [5, 5.41) is 0.808. The van der Waals surface area contributed by atoms with Crippen LogP contribution in [0.3, 0.4) is 0 Å². The summed E-state index contributed by atoms with van der Waals surface area (Å²) >= 11 is 6.32. The van der Waals surface area contributed by atoms with Crippen molar-refractivity contribution in [3.05, 3.63) is 22.7 Å². The second kappa shape index (κ2) is 4.15. The van der Waals surface area contributed by atoms with Gasteiger partial charge in [0, 0.05) is 27.2 Å². The van der Waals surface area contributed by atoms with E-state index in [1.54, 1.807) is 0 Å². The number of halogens is 1. The second-order valence-corrected chi connectivity index (χ2v) is 4.90. The van der Waals surface area contributed by atoms with Gasteiger partial charge in [-0.3, -0.25) is 0 Å². The lowest BCUT2D eigenvalue weighted by atomic mass is 10.1. The SMILES string of the molecule is Cc1cc(Cl)c2c(c1)N(C)CC(CN)N2C. The first-order valence-electron chi connectivity index (χ1n) is 5.48. The maximum absolute atomic E-state index is 6.32. The number of hydrogen-bond donors (Lipinski definition) is 1. The third kappa shape index (κ3) is 1.74. The summed E-state index contributed by atoms with van der Waals surface area (Å²) < 4.78 is 0. The Morgan fingerprint density at radius 2 is 2.12 bits per heavy atom. The molecule has 0 saturated carbocycles. The van der Waals surface area contributed by atoms with Gasteiger partial charge < -0.3 is 15.5 Å². The molecule has 1 atom stereocenters. The maximum atomic E-state index is 6.32. The third-order valence-corrected chi connectivity index (χ3v) is 3.54. The highest BCUT2D eigenvalue weighted by Gasteiger charge is 2.27. The van der Waals surface area contributed by atoms with Gasteiger partial charge in [0.2, 0.25) is 0 Å². The molecule has 1 heterocycles. The minimum atomic E-state index is 0.331. The maximum Gasteiger partial charge on any atom is 0.0794 e. The predicted molar refractivity (Wildman–Crippen MR) is 70.7 cm³/mol. The molecule has 4 heteroatoms. The molecule has 88 valence electrons. The summed E-state index contributed by atoms with van der Waals surface area (Å²) in [7, 11) is 4.15. The van der Waals surface area contributed by atoms with E-state index in [4.69, 9.17) is 17.3 Å². The molecule has 1 aliphatic rings. The topological polar surface area (TPSA) is 32.5 Å². The normalized spacial score (nSPS) is 19.9. The minimum absolute atomic E-state index is 0.331. The summed E-state index contributed by atoms with van der Waals surface area (Å²) in [4.78, 5) is 4.42. The fraction of sp³-hybridized carbons (Fsp3) is 0.500. The fourth-order valence-corrected chi connectivity index (χ4v) is 2.71. The van der Waals surface area contributed by atoms with Gasteiger partial charge in [-0.2, -0.15) is 0 Å². The van der Waals surface area contributed by atoms with Crippen LogP contribution in [-0.4, -0.2) is 33.2 Å². The van der Waals surface area contributed by atoms with Crippen LogP contribution in [0.4, 0.5) is 11.4 Å². The van der Waals surface area contributed by atoms with Crippen molar-refractivity contribution >= 4 is 23.0 Å². The van der Waals surface area contributed by atoms with Crippen LogP contribution in [0.15, 0.2) is 12.1 Å².